The fraction of sp³-hybridized carbons (Fsp3) is 0.0741. The molecule has 14 rings (SSSR count). The number of furan rings is 3. The van der Waals surface area contributed by atoms with Crippen LogP contribution in [0.25, 0.3) is 99.1 Å². The van der Waals surface area contributed by atoms with Crippen molar-refractivity contribution in [2.75, 3.05) is 4.90 Å². The second-order valence-corrected chi connectivity index (χ2v) is 17.6. The monoisotopic (exact) mass is 770 g/mol. The lowest BCUT2D eigenvalue weighted by Crippen LogP contribution is -2.56. The van der Waals surface area contributed by atoms with E-state index >= 15 is 0 Å². The Morgan fingerprint density at radius 1 is 0.450 bits per heavy atom. The Morgan fingerprint density at radius 3 is 1.90 bits per heavy atom. The van der Waals surface area contributed by atoms with Gasteiger partial charge in [0.05, 0.1) is 16.9 Å². The second kappa shape index (κ2) is 11.2. The van der Waals surface area contributed by atoms with Crippen LogP contribution in [0.3, 0.4) is 0 Å². The van der Waals surface area contributed by atoms with E-state index in [9.17, 15) is 0 Å². The molecular weight excluding hydrogens is 735 g/mol. The number of nitrogens with zero attached hydrogens (tertiary/aromatic N) is 2. The van der Waals surface area contributed by atoms with Crippen molar-refractivity contribution in [3.8, 4) is 22.3 Å². The summed E-state index contributed by atoms with van der Waals surface area (Å²) in [6.07, 6.45) is 0. The number of fused-ring (bicyclic) bond motifs is 16. The average molecular weight is 771 g/mol. The maximum absolute atomic E-state index is 7.14. The summed E-state index contributed by atoms with van der Waals surface area (Å²) in [6.45, 7) is 6.65. The van der Waals surface area contributed by atoms with Gasteiger partial charge in [-0.2, -0.15) is 0 Å². The number of hydrogen-bond acceptors (Lipinski definition) is 4. The lowest BCUT2D eigenvalue weighted by molar-refractivity contribution is 0.590. The summed E-state index contributed by atoms with van der Waals surface area (Å²) >= 11 is 0. The number of anilines is 3. The van der Waals surface area contributed by atoms with Crippen molar-refractivity contribution in [2.24, 2.45) is 0 Å². The molecule has 0 N–H and O–H groups in total. The van der Waals surface area contributed by atoms with E-state index in [1.807, 2.05) is 0 Å². The van der Waals surface area contributed by atoms with Crippen LogP contribution >= 0.6 is 0 Å². The lowest BCUT2D eigenvalue weighted by atomic mass is 9.45. The summed E-state index contributed by atoms with van der Waals surface area (Å²) in [5.74, 6) is 0. The van der Waals surface area contributed by atoms with E-state index in [1.54, 1.807) is 0 Å². The van der Waals surface area contributed by atoms with Crippen LogP contribution in [-0.4, -0.2) is 11.3 Å². The van der Waals surface area contributed by atoms with E-state index in [-0.39, 0.29) is 12.3 Å². The van der Waals surface area contributed by atoms with E-state index in [2.05, 4.69) is 188 Å². The van der Waals surface area contributed by atoms with E-state index in [1.165, 1.54) is 33.1 Å². The number of para-hydroxylation sites is 4. The van der Waals surface area contributed by atoms with E-state index in [0.717, 1.165) is 99.5 Å². The maximum atomic E-state index is 7.14. The predicted molar refractivity (Wildman–Crippen MR) is 248 cm³/mol. The van der Waals surface area contributed by atoms with Crippen LogP contribution in [0, 0.1) is 0 Å². The number of aromatic nitrogens is 1. The Hall–Kier alpha value is -7.44. The second-order valence-electron chi connectivity index (χ2n) is 17.6. The summed E-state index contributed by atoms with van der Waals surface area (Å²) in [6, 6.07) is 57.0. The predicted octanol–water partition coefficient (Wildman–Crippen LogP) is 13.7. The van der Waals surface area contributed by atoms with Crippen LogP contribution in [0.1, 0.15) is 26.3 Å². The van der Waals surface area contributed by atoms with Gasteiger partial charge in [-0.1, -0.05) is 124 Å². The van der Waals surface area contributed by atoms with E-state index in [0.29, 0.717) is 0 Å². The van der Waals surface area contributed by atoms with Crippen LogP contribution in [0.2, 0.25) is 0 Å². The molecule has 0 unspecified atom stereocenters. The van der Waals surface area contributed by atoms with Gasteiger partial charge in [0.1, 0.15) is 22.3 Å². The highest BCUT2D eigenvalue weighted by molar-refractivity contribution is 6.90. The Labute approximate surface area is 344 Å². The SMILES string of the molecule is CC(C)(C)c1ccc(N2c3cc4oc5ccccc5c4cc3B3c4c(cc5c(oc6ccccc65)c42)-c2cccc4c5oc6ccccc6c5n3c24)c(-c2ccccc2)c1. The molecule has 6 heterocycles. The van der Waals surface area contributed by atoms with Crippen molar-refractivity contribution in [1.29, 1.82) is 0 Å². The summed E-state index contributed by atoms with van der Waals surface area (Å²) in [5.41, 5.74) is 19.0. The van der Waals surface area contributed by atoms with Gasteiger partial charge in [0.2, 0.25) is 0 Å². The molecule has 4 aromatic heterocycles. The zero-order chi connectivity index (χ0) is 39.6. The summed E-state index contributed by atoms with van der Waals surface area (Å²) in [7, 11) is 0. The molecule has 5 nitrogen and oxygen atoms in total. The summed E-state index contributed by atoms with van der Waals surface area (Å²) in [4.78, 5) is 2.50. The van der Waals surface area contributed by atoms with Gasteiger partial charge < -0.3 is 22.6 Å². The topological polar surface area (TPSA) is 47.6 Å². The Kier molecular flexibility index (Phi) is 6.06. The van der Waals surface area contributed by atoms with Crippen molar-refractivity contribution >= 4 is 112 Å². The van der Waals surface area contributed by atoms with Crippen LogP contribution in [0.4, 0.5) is 17.1 Å². The highest BCUT2D eigenvalue weighted by Crippen LogP contribution is 2.53. The zero-order valence-electron chi connectivity index (χ0n) is 33.2. The molecular formula is C54H35BN2O3. The Morgan fingerprint density at radius 2 is 1.12 bits per heavy atom. The van der Waals surface area contributed by atoms with Gasteiger partial charge in [-0.05, 0) is 81.6 Å². The van der Waals surface area contributed by atoms with Crippen molar-refractivity contribution in [2.45, 2.75) is 26.2 Å². The van der Waals surface area contributed by atoms with Crippen molar-refractivity contribution in [3.63, 3.8) is 0 Å². The molecule has 0 radical (unpaired) electrons. The van der Waals surface area contributed by atoms with Crippen molar-refractivity contribution in [3.05, 3.63) is 163 Å². The summed E-state index contributed by atoms with van der Waals surface area (Å²) in [5, 5.41) is 6.61. The third-order valence-electron chi connectivity index (χ3n) is 13.3. The highest BCUT2D eigenvalue weighted by atomic mass is 16.3. The Balaban J connectivity index is 1.22. The molecule has 6 heteroatoms. The standard InChI is InChI=1S/C54H35BN2O3/c1-54(2,3)31-24-25-42(37(26-31)30-14-5-4-6-15-30)56-43-29-47-38(32-16-7-10-21-44(32)58-47)28-41(43)55-48-39(27-40-33-17-8-11-22-45(33)59-53(40)51(48)56)34-19-13-20-36-49(34)57(55)50-35-18-9-12-23-46(35)60-52(36)50/h4-29H,1-3H3. The normalized spacial score (nSPS) is 13.5. The van der Waals surface area contributed by atoms with Gasteiger partial charge in [-0.3, -0.25) is 0 Å². The minimum absolute atomic E-state index is 0.0619. The van der Waals surface area contributed by atoms with Gasteiger partial charge in [0.15, 0.2) is 11.2 Å². The molecule has 0 fully saturated rings. The first-order chi connectivity index (χ1) is 29.4. The molecule has 0 saturated heterocycles. The van der Waals surface area contributed by atoms with Gasteiger partial charge in [0, 0.05) is 60.7 Å². The first kappa shape index (κ1) is 32.5. The quantitative estimate of drug-likeness (QED) is 0.164. The number of rotatable bonds is 2. The minimum Gasteiger partial charge on any atom is -0.456 e. The first-order valence-electron chi connectivity index (χ1n) is 20.8. The molecule has 8 aromatic carbocycles. The third-order valence-corrected chi connectivity index (χ3v) is 13.3. The van der Waals surface area contributed by atoms with Gasteiger partial charge >= 0.3 is 6.85 Å². The fourth-order valence-electron chi connectivity index (χ4n) is 10.6. The van der Waals surface area contributed by atoms with E-state index in [4.69, 9.17) is 13.3 Å². The van der Waals surface area contributed by atoms with Crippen LogP contribution in [0.5, 0.6) is 0 Å². The molecule has 2 aliphatic heterocycles. The highest BCUT2D eigenvalue weighted by Gasteiger charge is 2.46. The van der Waals surface area contributed by atoms with Gasteiger partial charge in [0.25, 0.3) is 0 Å². The van der Waals surface area contributed by atoms with Crippen LogP contribution in [0.15, 0.2) is 171 Å². The zero-order valence-corrected chi connectivity index (χ0v) is 33.2. The average Bonchev–Trinajstić information content (AvgIpc) is 4.03. The molecule has 60 heavy (non-hydrogen) atoms. The van der Waals surface area contributed by atoms with Crippen molar-refractivity contribution < 1.29 is 13.3 Å². The molecule has 0 bridgehead atoms. The minimum atomic E-state index is -0.221. The molecule has 0 atom stereocenters. The molecule has 0 aliphatic carbocycles. The Bertz CT molecular complexity index is 3840. The van der Waals surface area contributed by atoms with E-state index < -0.39 is 0 Å². The van der Waals surface area contributed by atoms with Crippen LogP contribution in [-0.2, 0) is 5.41 Å². The summed E-state index contributed by atoms with van der Waals surface area (Å²) < 4.78 is 23.3. The van der Waals surface area contributed by atoms with Crippen LogP contribution < -0.4 is 15.8 Å². The van der Waals surface area contributed by atoms with Crippen molar-refractivity contribution in [1.82, 2.24) is 4.48 Å². The maximum Gasteiger partial charge on any atom is 0.333 e. The fourth-order valence-corrected chi connectivity index (χ4v) is 10.6. The number of hydrogen-bond donors (Lipinski definition) is 0. The molecule has 0 saturated carbocycles. The molecule has 12 aromatic rings. The molecule has 282 valence electrons. The third kappa shape index (κ3) is 4.08. The van der Waals surface area contributed by atoms with Gasteiger partial charge in [-0.25, -0.2) is 0 Å². The lowest BCUT2D eigenvalue weighted by Gasteiger charge is -2.41. The molecule has 2 aliphatic rings. The first-order valence-corrected chi connectivity index (χ1v) is 20.8. The largest absolute Gasteiger partial charge is 0.456 e. The molecule has 0 amide bonds. The number of benzene rings is 8. The smallest absolute Gasteiger partial charge is 0.333 e. The van der Waals surface area contributed by atoms with Gasteiger partial charge in [-0.15, -0.1) is 0 Å². The molecule has 0 spiro atoms.